The van der Waals surface area contributed by atoms with Crippen LogP contribution in [0.4, 0.5) is 0 Å². The second-order valence-corrected chi connectivity index (χ2v) is 4.14. The zero-order valence-electron chi connectivity index (χ0n) is 8.71. The molecule has 0 radical (unpaired) electrons. The SMILES string of the molecule is CC(=O)O[C@@H]1C[C@@H]2OC(=O)C[C@@H]2[C@H]1C(=O)O. The highest BCUT2D eigenvalue weighted by molar-refractivity contribution is 5.78. The largest absolute Gasteiger partial charge is 0.481 e. The molecule has 0 aromatic heterocycles. The highest BCUT2D eigenvalue weighted by Crippen LogP contribution is 2.42. The van der Waals surface area contributed by atoms with Crippen LogP contribution in [-0.4, -0.2) is 35.2 Å². The van der Waals surface area contributed by atoms with Gasteiger partial charge in [0.05, 0.1) is 6.42 Å². The number of carboxylic acid groups (broad SMARTS) is 1. The zero-order valence-corrected chi connectivity index (χ0v) is 8.71. The first kappa shape index (κ1) is 10.9. The summed E-state index contributed by atoms with van der Waals surface area (Å²) < 4.78 is 9.93. The van der Waals surface area contributed by atoms with Gasteiger partial charge in [-0.25, -0.2) is 0 Å². The molecule has 0 spiro atoms. The van der Waals surface area contributed by atoms with Gasteiger partial charge in [0, 0.05) is 19.3 Å². The molecule has 2 fully saturated rings. The highest BCUT2D eigenvalue weighted by atomic mass is 16.6. The number of esters is 2. The van der Waals surface area contributed by atoms with Gasteiger partial charge in [0.25, 0.3) is 0 Å². The maximum Gasteiger partial charge on any atom is 0.310 e. The van der Waals surface area contributed by atoms with Gasteiger partial charge < -0.3 is 14.6 Å². The molecule has 1 N–H and O–H groups in total. The van der Waals surface area contributed by atoms with Crippen LogP contribution in [0.25, 0.3) is 0 Å². The Labute approximate surface area is 91.5 Å². The van der Waals surface area contributed by atoms with E-state index < -0.39 is 30.1 Å². The second kappa shape index (κ2) is 3.77. The minimum atomic E-state index is -1.04. The van der Waals surface area contributed by atoms with Gasteiger partial charge in [-0.1, -0.05) is 0 Å². The molecular formula is C10H12O6. The van der Waals surface area contributed by atoms with Gasteiger partial charge in [0.15, 0.2) is 0 Å². The first-order valence-corrected chi connectivity index (χ1v) is 5.08. The van der Waals surface area contributed by atoms with Crippen molar-refractivity contribution in [2.75, 3.05) is 0 Å². The number of rotatable bonds is 2. The Kier molecular flexibility index (Phi) is 2.57. The number of carbonyl (C=O) groups excluding carboxylic acids is 2. The average Bonchev–Trinajstić information content (AvgIpc) is 2.57. The van der Waals surface area contributed by atoms with E-state index in [4.69, 9.17) is 14.6 Å². The van der Waals surface area contributed by atoms with Crippen molar-refractivity contribution in [2.45, 2.75) is 32.0 Å². The number of aliphatic carboxylic acids is 1. The summed E-state index contributed by atoms with van der Waals surface area (Å²) in [7, 11) is 0. The van der Waals surface area contributed by atoms with Gasteiger partial charge in [-0.2, -0.15) is 0 Å². The summed E-state index contributed by atoms with van der Waals surface area (Å²) in [5.41, 5.74) is 0. The van der Waals surface area contributed by atoms with Crippen molar-refractivity contribution >= 4 is 17.9 Å². The molecular weight excluding hydrogens is 216 g/mol. The van der Waals surface area contributed by atoms with Gasteiger partial charge in [-0.15, -0.1) is 0 Å². The predicted octanol–water partition coefficient (Wildman–Crippen LogP) is -0.0457. The average molecular weight is 228 g/mol. The lowest BCUT2D eigenvalue weighted by atomic mass is 9.92. The Morgan fingerprint density at radius 3 is 2.75 bits per heavy atom. The molecule has 0 amide bonds. The van der Waals surface area contributed by atoms with E-state index in [1.54, 1.807) is 0 Å². The third-order valence-corrected chi connectivity index (χ3v) is 3.09. The van der Waals surface area contributed by atoms with E-state index >= 15 is 0 Å². The van der Waals surface area contributed by atoms with E-state index in [9.17, 15) is 14.4 Å². The summed E-state index contributed by atoms with van der Waals surface area (Å²) in [6.07, 6.45) is -0.720. The fraction of sp³-hybridized carbons (Fsp3) is 0.700. The van der Waals surface area contributed by atoms with Crippen molar-refractivity contribution in [3.05, 3.63) is 0 Å². The summed E-state index contributed by atoms with van der Waals surface area (Å²) in [6, 6.07) is 0. The lowest BCUT2D eigenvalue weighted by Gasteiger charge is -2.17. The van der Waals surface area contributed by atoms with E-state index in [-0.39, 0.29) is 24.7 Å². The van der Waals surface area contributed by atoms with E-state index in [2.05, 4.69) is 0 Å². The second-order valence-electron chi connectivity index (χ2n) is 4.14. The van der Waals surface area contributed by atoms with Crippen molar-refractivity contribution < 1.29 is 29.0 Å². The van der Waals surface area contributed by atoms with Crippen molar-refractivity contribution in [3.8, 4) is 0 Å². The summed E-state index contributed by atoms with van der Waals surface area (Å²) in [6.45, 7) is 1.24. The van der Waals surface area contributed by atoms with Crippen LogP contribution in [0, 0.1) is 11.8 Å². The van der Waals surface area contributed by atoms with Crippen LogP contribution in [0.2, 0.25) is 0 Å². The van der Waals surface area contributed by atoms with Gasteiger partial charge >= 0.3 is 17.9 Å². The van der Waals surface area contributed by atoms with Gasteiger partial charge in [-0.3, -0.25) is 14.4 Å². The van der Waals surface area contributed by atoms with E-state index in [0.29, 0.717) is 0 Å². The lowest BCUT2D eigenvalue weighted by Crippen LogP contribution is -2.31. The fourth-order valence-electron chi connectivity index (χ4n) is 2.54. The summed E-state index contributed by atoms with van der Waals surface area (Å²) in [5.74, 6) is -3.13. The van der Waals surface area contributed by atoms with Gasteiger partial charge in [0.1, 0.15) is 18.1 Å². The van der Waals surface area contributed by atoms with Crippen LogP contribution in [0.15, 0.2) is 0 Å². The maximum atomic E-state index is 11.1. The van der Waals surface area contributed by atoms with Crippen molar-refractivity contribution in [3.63, 3.8) is 0 Å². The third kappa shape index (κ3) is 1.75. The van der Waals surface area contributed by atoms with Crippen LogP contribution in [-0.2, 0) is 23.9 Å². The molecule has 1 heterocycles. The molecule has 0 unspecified atom stereocenters. The molecule has 88 valence electrons. The van der Waals surface area contributed by atoms with Crippen LogP contribution >= 0.6 is 0 Å². The Morgan fingerprint density at radius 1 is 1.50 bits per heavy atom. The first-order chi connectivity index (χ1) is 7.49. The highest BCUT2D eigenvalue weighted by Gasteiger charge is 2.54. The summed E-state index contributed by atoms with van der Waals surface area (Å²) in [4.78, 5) is 32.9. The van der Waals surface area contributed by atoms with Gasteiger partial charge in [0.2, 0.25) is 0 Å². The van der Waals surface area contributed by atoms with Crippen molar-refractivity contribution in [2.24, 2.45) is 11.8 Å². The molecule has 2 rings (SSSR count). The topological polar surface area (TPSA) is 89.9 Å². The molecule has 0 aromatic rings. The van der Waals surface area contributed by atoms with E-state index in [1.165, 1.54) is 6.92 Å². The maximum absolute atomic E-state index is 11.1. The van der Waals surface area contributed by atoms with Crippen molar-refractivity contribution in [1.82, 2.24) is 0 Å². The zero-order chi connectivity index (χ0) is 11.9. The van der Waals surface area contributed by atoms with Gasteiger partial charge in [-0.05, 0) is 0 Å². The van der Waals surface area contributed by atoms with Crippen LogP contribution < -0.4 is 0 Å². The molecule has 0 bridgehead atoms. The van der Waals surface area contributed by atoms with E-state index in [1.807, 2.05) is 0 Å². The summed E-state index contributed by atoms with van der Waals surface area (Å²) in [5, 5.41) is 9.07. The number of fused-ring (bicyclic) bond motifs is 1. The quantitative estimate of drug-likeness (QED) is 0.666. The minimum absolute atomic E-state index is 0.0966. The minimum Gasteiger partial charge on any atom is -0.481 e. The normalized spacial score (nSPS) is 36.7. The number of ether oxygens (including phenoxy) is 2. The van der Waals surface area contributed by atoms with Crippen LogP contribution in [0.1, 0.15) is 19.8 Å². The molecule has 1 aliphatic heterocycles. The predicted molar refractivity (Wildman–Crippen MR) is 49.3 cm³/mol. The Hall–Kier alpha value is -1.59. The summed E-state index contributed by atoms with van der Waals surface area (Å²) >= 11 is 0. The molecule has 1 saturated heterocycles. The molecule has 1 saturated carbocycles. The monoisotopic (exact) mass is 228 g/mol. The number of hydrogen-bond acceptors (Lipinski definition) is 5. The standard InChI is InChI=1S/C10H12O6/c1-4(11)15-7-3-6-5(2-8(12)16-6)9(7)10(13)14/h5-7,9H,2-3H2,1H3,(H,13,14)/t5-,6-,7+,9+/m0/s1. The first-order valence-electron chi connectivity index (χ1n) is 5.08. The molecule has 0 aromatic carbocycles. The fourth-order valence-corrected chi connectivity index (χ4v) is 2.54. The Morgan fingerprint density at radius 2 is 2.19 bits per heavy atom. The van der Waals surface area contributed by atoms with Crippen molar-refractivity contribution in [1.29, 1.82) is 0 Å². The molecule has 6 heteroatoms. The number of carbonyl (C=O) groups is 3. The van der Waals surface area contributed by atoms with Crippen LogP contribution in [0.3, 0.4) is 0 Å². The molecule has 4 atom stereocenters. The third-order valence-electron chi connectivity index (χ3n) is 3.09. The smallest absolute Gasteiger partial charge is 0.310 e. The Bertz CT molecular complexity index is 349. The van der Waals surface area contributed by atoms with Crippen LogP contribution in [0.5, 0.6) is 0 Å². The Balaban J connectivity index is 2.15. The lowest BCUT2D eigenvalue weighted by molar-refractivity contribution is -0.156. The molecule has 6 nitrogen and oxygen atoms in total. The molecule has 2 aliphatic rings. The van der Waals surface area contributed by atoms with E-state index in [0.717, 1.165) is 0 Å². The molecule has 1 aliphatic carbocycles. The number of carboxylic acids is 1. The number of hydrogen-bond donors (Lipinski definition) is 1. The molecule has 16 heavy (non-hydrogen) atoms.